The summed E-state index contributed by atoms with van der Waals surface area (Å²) in [5.41, 5.74) is 7.75. The zero-order chi connectivity index (χ0) is 11.7. The van der Waals surface area contributed by atoms with Crippen LogP contribution in [0.1, 0.15) is 56.6 Å². The molecule has 3 heteroatoms. The molecule has 3 rings (SSSR count). The maximum Gasteiger partial charge on any atom is 0.0948 e. The maximum absolute atomic E-state index is 5.88. The van der Waals surface area contributed by atoms with Gasteiger partial charge in [-0.3, -0.25) is 0 Å². The van der Waals surface area contributed by atoms with E-state index in [4.69, 9.17) is 5.73 Å². The van der Waals surface area contributed by atoms with Crippen LogP contribution in [0.25, 0.3) is 0 Å². The predicted molar refractivity (Wildman–Crippen MR) is 68.8 cm³/mol. The Balaban J connectivity index is 1.74. The molecule has 2 aliphatic rings. The molecule has 0 radical (unpaired) electrons. The van der Waals surface area contributed by atoms with E-state index in [0.29, 0.717) is 5.41 Å². The van der Waals surface area contributed by atoms with Gasteiger partial charge < -0.3 is 10.3 Å². The molecule has 3 nitrogen and oxygen atoms in total. The SMILES string of the molecule is NCC1(Cn2cncc2C2CCCCC2)CC1. The zero-order valence-corrected chi connectivity index (χ0v) is 10.6. The first-order valence-corrected chi connectivity index (χ1v) is 7.03. The molecule has 0 aromatic carbocycles. The molecule has 17 heavy (non-hydrogen) atoms. The van der Waals surface area contributed by atoms with E-state index >= 15 is 0 Å². The van der Waals surface area contributed by atoms with Crippen LogP contribution in [0.4, 0.5) is 0 Å². The van der Waals surface area contributed by atoms with Gasteiger partial charge in [0.05, 0.1) is 6.33 Å². The number of aromatic nitrogens is 2. The molecule has 2 fully saturated rings. The summed E-state index contributed by atoms with van der Waals surface area (Å²) in [4.78, 5) is 4.37. The average Bonchev–Trinajstić information content (AvgIpc) is 3.00. The molecular formula is C14H23N3. The van der Waals surface area contributed by atoms with E-state index in [1.54, 1.807) is 0 Å². The van der Waals surface area contributed by atoms with Gasteiger partial charge in [-0.15, -0.1) is 0 Å². The highest BCUT2D eigenvalue weighted by Gasteiger charge is 2.41. The molecule has 2 N–H and O–H groups in total. The Morgan fingerprint density at radius 2 is 2.06 bits per heavy atom. The van der Waals surface area contributed by atoms with Crippen LogP contribution in [-0.2, 0) is 6.54 Å². The Kier molecular flexibility index (Phi) is 2.95. The third-order valence-corrected chi connectivity index (χ3v) is 4.66. The highest BCUT2D eigenvalue weighted by atomic mass is 15.1. The summed E-state index contributed by atoms with van der Waals surface area (Å²) in [5, 5.41) is 0. The van der Waals surface area contributed by atoms with Crippen molar-refractivity contribution in [3.05, 3.63) is 18.2 Å². The largest absolute Gasteiger partial charge is 0.334 e. The van der Waals surface area contributed by atoms with Crippen LogP contribution in [0.5, 0.6) is 0 Å². The molecule has 0 spiro atoms. The van der Waals surface area contributed by atoms with Gasteiger partial charge in [-0.25, -0.2) is 4.98 Å². The highest BCUT2D eigenvalue weighted by molar-refractivity contribution is 5.09. The zero-order valence-electron chi connectivity index (χ0n) is 10.6. The van der Waals surface area contributed by atoms with Crippen LogP contribution in [0.15, 0.2) is 12.5 Å². The fourth-order valence-corrected chi connectivity index (χ4v) is 3.17. The average molecular weight is 233 g/mol. The number of hydrogen-bond acceptors (Lipinski definition) is 2. The summed E-state index contributed by atoms with van der Waals surface area (Å²) in [6.07, 6.45) is 13.6. The van der Waals surface area contributed by atoms with E-state index < -0.39 is 0 Å². The lowest BCUT2D eigenvalue weighted by Crippen LogP contribution is -2.23. The second-order valence-electron chi connectivity index (χ2n) is 5.99. The van der Waals surface area contributed by atoms with Crippen LogP contribution in [0.2, 0.25) is 0 Å². The fourth-order valence-electron chi connectivity index (χ4n) is 3.17. The van der Waals surface area contributed by atoms with Crippen molar-refractivity contribution in [2.24, 2.45) is 11.1 Å². The van der Waals surface area contributed by atoms with E-state index in [2.05, 4.69) is 15.7 Å². The molecule has 1 heterocycles. The molecule has 0 amide bonds. The Morgan fingerprint density at radius 1 is 1.29 bits per heavy atom. The first kappa shape index (κ1) is 11.3. The minimum Gasteiger partial charge on any atom is -0.334 e. The Hall–Kier alpha value is -0.830. The van der Waals surface area contributed by atoms with Gasteiger partial charge in [0.25, 0.3) is 0 Å². The summed E-state index contributed by atoms with van der Waals surface area (Å²) in [6.45, 7) is 1.92. The van der Waals surface area contributed by atoms with Crippen molar-refractivity contribution in [2.45, 2.75) is 57.4 Å². The van der Waals surface area contributed by atoms with Gasteiger partial charge >= 0.3 is 0 Å². The van der Waals surface area contributed by atoms with Crippen LogP contribution < -0.4 is 5.73 Å². The summed E-state index contributed by atoms with van der Waals surface area (Å²) in [7, 11) is 0. The van der Waals surface area contributed by atoms with Gasteiger partial charge in [-0.05, 0) is 32.2 Å². The first-order valence-electron chi connectivity index (χ1n) is 7.03. The number of nitrogens with two attached hydrogens (primary N) is 1. The predicted octanol–water partition coefficient (Wildman–Crippen LogP) is 2.67. The quantitative estimate of drug-likeness (QED) is 0.869. The highest BCUT2D eigenvalue weighted by Crippen LogP contribution is 2.46. The minimum absolute atomic E-state index is 0.407. The van der Waals surface area contributed by atoms with Gasteiger partial charge in [0.1, 0.15) is 0 Å². The van der Waals surface area contributed by atoms with E-state index in [9.17, 15) is 0 Å². The van der Waals surface area contributed by atoms with Gasteiger partial charge in [-0.1, -0.05) is 19.3 Å². The summed E-state index contributed by atoms with van der Waals surface area (Å²) in [6, 6.07) is 0. The Bertz CT molecular complexity index is 373. The summed E-state index contributed by atoms with van der Waals surface area (Å²) < 4.78 is 2.38. The molecular weight excluding hydrogens is 210 g/mol. The second-order valence-corrected chi connectivity index (χ2v) is 5.99. The van der Waals surface area contributed by atoms with Gasteiger partial charge in [0.15, 0.2) is 0 Å². The smallest absolute Gasteiger partial charge is 0.0948 e. The van der Waals surface area contributed by atoms with Crippen molar-refractivity contribution in [1.82, 2.24) is 9.55 Å². The van der Waals surface area contributed by atoms with E-state index in [-0.39, 0.29) is 0 Å². The van der Waals surface area contributed by atoms with E-state index in [1.807, 2.05) is 6.33 Å². The molecule has 1 aromatic heterocycles. The third kappa shape index (κ3) is 2.25. The lowest BCUT2D eigenvalue weighted by molar-refractivity contribution is 0.387. The van der Waals surface area contributed by atoms with Crippen molar-refractivity contribution < 1.29 is 0 Å². The molecule has 0 aliphatic heterocycles. The molecule has 2 aliphatic carbocycles. The Morgan fingerprint density at radius 3 is 2.71 bits per heavy atom. The van der Waals surface area contributed by atoms with E-state index in [1.165, 1.54) is 50.6 Å². The number of imidazole rings is 1. The van der Waals surface area contributed by atoms with Gasteiger partial charge in [0, 0.05) is 29.8 Å². The number of rotatable bonds is 4. The normalized spacial score (nSPS) is 23.8. The summed E-state index contributed by atoms with van der Waals surface area (Å²) in [5.74, 6) is 0.750. The third-order valence-electron chi connectivity index (χ3n) is 4.66. The van der Waals surface area contributed by atoms with Crippen molar-refractivity contribution in [1.29, 1.82) is 0 Å². The molecule has 0 unspecified atom stereocenters. The monoisotopic (exact) mass is 233 g/mol. The van der Waals surface area contributed by atoms with E-state index in [0.717, 1.165) is 19.0 Å². The molecule has 0 saturated heterocycles. The second kappa shape index (κ2) is 4.45. The van der Waals surface area contributed by atoms with Crippen molar-refractivity contribution in [3.63, 3.8) is 0 Å². The number of hydrogen-bond donors (Lipinski definition) is 1. The van der Waals surface area contributed by atoms with Gasteiger partial charge in [-0.2, -0.15) is 0 Å². The van der Waals surface area contributed by atoms with Crippen molar-refractivity contribution in [3.8, 4) is 0 Å². The minimum atomic E-state index is 0.407. The van der Waals surface area contributed by atoms with Gasteiger partial charge in [0.2, 0.25) is 0 Å². The topological polar surface area (TPSA) is 43.8 Å². The summed E-state index contributed by atoms with van der Waals surface area (Å²) >= 11 is 0. The first-order chi connectivity index (χ1) is 8.33. The molecule has 1 aromatic rings. The van der Waals surface area contributed by atoms with Crippen molar-refractivity contribution in [2.75, 3.05) is 6.54 Å². The molecule has 94 valence electrons. The maximum atomic E-state index is 5.88. The molecule has 0 bridgehead atoms. The van der Waals surface area contributed by atoms with Crippen LogP contribution >= 0.6 is 0 Å². The fraction of sp³-hybridized carbons (Fsp3) is 0.786. The lowest BCUT2D eigenvalue weighted by Gasteiger charge is -2.24. The molecule has 0 atom stereocenters. The lowest BCUT2D eigenvalue weighted by atomic mass is 9.87. The Labute approximate surface area is 103 Å². The standard InChI is InChI=1S/C14H23N3/c15-9-14(6-7-14)10-17-11-16-8-13(17)12-4-2-1-3-5-12/h8,11-12H,1-7,9-10,15H2. The number of nitrogens with zero attached hydrogens (tertiary/aromatic N) is 2. The molecule has 2 saturated carbocycles. The van der Waals surface area contributed by atoms with Crippen molar-refractivity contribution >= 4 is 0 Å². The van der Waals surface area contributed by atoms with Crippen LogP contribution in [0.3, 0.4) is 0 Å². The van der Waals surface area contributed by atoms with Crippen LogP contribution in [0, 0.1) is 5.41 Å². The van der Waals surface area contributed by atoms with Crippen LogP contribution in [-0.4, -0.2) is 16.1 Å².